The number of hydrogen-bond donors (Lipinski definition) is 3. The lowest BCUT2D eigenvalue weighted by molar-refractivity contribution is 0.122. The predicted molar refractivity (Wildman–Crippen MR) is 216 cm³/mol. The fourth-order valence-electron chi connectivity index (χ4n) is 7.68. The van der Waals surface area contributed by atoms with Crippen LogP contribution in [0.4, 0.5) is 15.8 Å². The van der Waals surface area contributed by atoms with Gasteiger partial charge in [-0.15, -0.1) is 0 Å². The fourth-order valence-corrected chi connectivity index (χ4v) is 7.68. The first-order chi connectivity index (χ1) is 27.0. The molecule has 2 aliphatic heterocycles. The van der Waals surface area contributed by atoms with Gasteiger partial charge in [-0.25, -0.2) is 13.8 Å². The van der Waals surface area contributed by atoms with Crippen LogP contribution in [-0.2, 0) is 4.74 Å². The molecule has 2 saturated heterocycles. The fraction of sp³-hybridized carbons (Fsp3) is 0.238. The number of ether oxygens (including phenoxy) is 1. The largest absolute Gasteiger partial charge is 0.378 e. The van der Waals surface area contributed by atoms with Crippen molar-refractivity contribution < 1.29 is 9.13 Å². The second-order valence-electron chi connectivity index (χ2n) is 13.9. The van der Waals surface area contributed by atoms with E-state index in [1.807, 2.05) is 71.6 Å². The molecule has 2 aliphatic rings. The number of aromatic nitrogens is 6. The van der Waals surface area contributed by atoms with E-state index in [-0.39, 0.29) is 22.5 Å². The molecule has 0 saturated carbocycles. The van der Waals surface area contributed by atoms with E-state index in [1.165, 1.54) is 22.1 Å². The zero-order valence-electron chi connectivity index (χ0n) is 30.4. The topological polar surface area (TPSA) is 129 Å². The molecule has 278 valence electrons. The number of anilines is 2. The van der Waals surface area contributed by atoms with Gasteiger partial charge in [-0.2, -0.15) is 0 Å². The predicted octanol–water partition coefficient (Wildman–Crippen LogP) is 5.82. The van der Waals surface area contributed by atoms with E-state index in [1.54, 1.807) is 16.9 Å². The van der Waals surface area contributed by atoms with Crippen LogP contribution in [0.5, 0.6) is 0 Å². The van der Waals surface area contributed by atoms with Crippen molar-refractivity contribution in [1.82, 2.24) is 34.8 Å². The lowest BCUT2D eigenvalue weighted by Gasteiger charge is -2.29. The van der Waals surface area contributed by atoms with Gasteiger partial charge in [0.1, 0.15) is 5.52 Å². The normalized spacial score (nSPS) is 15.1. The second-order valence-corrected chi connectivity index (χ2v) is 13.9. The summed E-state index contributed by atoms with van der Waals surface area (Å²) >= 11 is 0. The Kier molecular flexibility index (Phi) is 9.08. The Labute approximate surface area is 314 Å². The zero-order chi connectivity index (χ0) is 37.5. The molecule has 0 atom stereocenters. The van der Waals surface area contributed by atoms with E-state index in [0.29, 0.717) is 53.7 Å². The van der Waals surface area contributed by atoms with Gasteiger partial charge >= 0.3 is 0 Å². The second kappa shape index (κ2) is 14.5. The first kappa shape index (κ1) is 34.5. The maximum absolute atomic E-state index is 15.2. The van der Waals surface area contributed by atoms with E-state index in [9.17, 15) is 9.59 Å². The van der Waals surface area contributed by atoms with Crippen LogP contribution in [0.1, 0.15) is 12.0 Å². The summed E-state index contributed by atoms with van der Waals surface area (Å²) in [5, 5.41) is 12.5. The van der Waals surface area contributed by atoms with Crippen molar-refractivity contribution in [2.75, 3.05) is 62.3 Å². The van der Waals surface area contributed by atoms with E-state index in [2.05, 4.69) is 49.4 Å². The summed E-state index contributed by atoms with van der Waals surface area (Å²) < 4.78 is 23.6. The Bertz CT molecular complexity index is 2780. The number of aromatic amines is 2. The van der Waals surface area contributed by atoms with Gasteiger partial charge < -0.3 is 19.9 Å². The minimum absolute atomic E-state index is 0.0732. The van der Waals surface area contributed by atoms with Crippen molar-refractivity contribution in [2.24, 2.45) is 0 Å². The van der Waals surface area contributed by atoms with Gasteiger partial charge in [0.2, 0.25) is 0 Å². The number of halogens is 1. The lowest BCUT2D eigenvalue weighted by Crippen LogP contribution is -2.36. The molecule has 13 heteroatoms. The first-order valence-electron chi connectivity index (χ1n) is 18.6. The molecule has 8 aromatic rings. The molecule has 12 nitrogen and oxygen atoms in total. The van der Waals surface area contributed by atoms with Crippen LogP contribution < -0.4 is 26.2 Å². The number of para-hydroxylation sites is 2. The highest BCUT2D eigenvalue weighted by Crippen LogP contribution is 2.31. The Hall–Kier alpha value is -6.31. The number of nitrogens with zero attached hydrogens (tertiary/aromatic N) is 6. The minimum atomic E-state index is -0.371. The van der Waals surface area contributed by atoms with Crippen molar-refractivity contribution in [3.8, 4) is 11.4 Å². The number of morpholine rings is 1. The monoisotopic (exact) mass is 737 g/mol. The van der Waals surface area contributed by atoms with Crippen molar-refractivity contribution >= 4 is 55.0 Å². The van der Waals surface area contributed by atoms with Gasteiger partial charge in [-0.3, -0.25) is 29.8 Å². The molecular weight excluding hydrogens is 698 g/mol. The highest BCUT2D eigenvalue weighted by molar-refractivity contribution is 6.05. The van der Waals surface area contributed by atoms with Gasteiger partial charge in [0.05, 0.1) is 57.6 Å². The van der Waals surface area contributed by atoms with Gasteiger partial charge in [0, 0.05) is 61.6 Å². The molecule has 10 rings (SSSR count). The van der Waals surface area contributed by atoms with Gasteiger partial charge in [-0.1, -0.05) is 36.4 Å². The minimum Gasteiger partial charge on any atom is -0.378 e. The molecule has 4 aromatic heterocycles. The summed E-state index contributed by atoms with van der Waals surface area (Å²) in [6.45, 7) is 8.69. The molecular formula is C42H40FN9O3. The molecule has 0 amide bonds. The van der Waals surface area contributed by atoms with E-state index in [4.69, 9.17) is 4.74 Å². The van der Waals surface area contributed by atoms with Crippen LogP contribution in [0.2, 0.25) is 0 Å². The number of benzene rings is 4. The average molecular weight is 738 g/mol. The van der Waals surface area contributed by atoms with Crippen molar-refractivity contribution in [3.05, 3.63) is 129 Å². The van der Waals surface area contributed by atoms with Crippen LogP contribution in [0.15, 0.2) is 107 Å². The Morgan fingerprint density at radius 3 is 1.95 bits per heavy atom. The van der Waals surface area contributed by atoms with Gasteiger partial charge in [0.25, 0.3) is 11.1 Å². The summed E-state index contributed by atoms with van der Waals surface area (Å²) in [4.78, 5) is 38.9. The Morgan fingerprint density at radius 2 is 1.27 bits per heavy atom. The molecule has 2 fully saturated rings. The number of rotatable bonds is 4. The molecule has 0 bridgehead atoms. The SMILES string of the molecule is Cc1cc2c(cc1N1CCCNCC1)ncc1c(=O)n(-c3ccccc3)[nH]c12.O=c1c2cnc3c(F)c(N4CCOCC4)ccc3c2[nH]n1-c1ccccc1. The van der Waals surface area contributed by atoms with Crippen molar-refractivity contribution in [3.63, 3.8) is 0 Å². The van der Waals surface area contributed by atoms with Crippen molar-refractivity contribution in [2.45, 2.75) is 13.3 Å². The molecule has 3 N–H and O–H groups in total. The summed E-state index contributed by atoms with van der Waals surface area (Å²) in [5.74, 6) is -0.371. The quantitative estimate of drug-likeness (QED) is 0.206. The summed E-state index contributed by atoms with van der Waals surface area (Å²) in [6.07, 6.45) is 4.28. The third kappa shape index (κ3) is 6.30. The van der Waals surface area contributed by atoms with Crippen LogP contribution in [0, 0.1) is 12.7 Å². The standard InChI is InChI=1S/C22H23N5O.C20H17FN4O2/c1-15-12-17-19(13-20(15)26-10-5-8-23-9-11-26)24-14-18-21(17)25-27(22(18)28)16-6-3-2-4-7-16;21-17-16(24-8-10-27-11-9-24)7-6-14-18-15(12-22-19(14)17)20(26)25(23-18)13-4-2-1-3-5-13/h2-4,6-7,12-14,23,25H,5,8-11H2,1H3;1-7,12,23H,8-11H2. The number of aryl methyl sites for hydroxylation is 1. The maximum atomic E-state index is 15.2. The zero-order valence-corrected chi connectivity index (χ0v) is 30.4. The highest BCUT2D eigenvalue weighted by atomic mass is 19.1. The van der Waals surface area contributed by atoms with Gasteiger partial charge in [0.15, 0.2) is 5.82 Å². The maximum Gasteiger partial charge on any atom is 0.280 e. The highest BCUT2D eigenvalue weighted by Gasteiger charge is 2.21. The lowest BCUT2D eigenvalue weighted by atomic mass is 10.1. The summed E-state index contributed by atoms with van der Waals surface area (Å²) in [5.41, 5.74) is 6.80. The molecule has 55 heavy (non-hydrogen) atoms. The first-order valence-corrected chi connectivity index (χ1v) is 18.6. The van der Waals surface area contributed by atoms with Crippen LogP contribution in [-0.4, -0.2) is 82.0 Å². The summed E-state index contributed by atoms with van der Waals surface area (Å²) in [7, 11) is 0. The van der Waals surface area contributed by atoms with Crippen LogP contribution in [0.25, 0.3) is 55.0 Å². The van der Waals surface area contributed by atoms with E-state index >= 15 is 4.39 Å². The van der Waals surface area contributed by atoms with Gasteiger partial charge in [-0.05, 0) is 74.0 Å². The molecule has 4 aromatic carbocycles. The third-order valence-electron chi connectivity index (χ3n) is 10.5. The summed E-state index contributed by atoms with van der Waals surface area (Å²) in [6, 6.07) is 26.8. The third-order valence-corrected chi connectivity index (χ3v) is 10.5. The van der Waals surface area contributed by atoms with E-state index in [0.717, 1.165) is 60.4 Å². The van der Waals surface area contributed by atoms with Crippen LogP contribution >= 0.6 is 0 Å². The number of hydrogen-bond acceptors (Lipinski definition) is 8. The molecule has 0 spiro atoms. The van der Waals surface area contributed by atoms with Crippen LogP contribution in [0.3, 0.4) is 0 Å². The van der Waals surface area contributed by atoms with Crippen molar-refractivity contribution in [1.29, 1.82) is 0 Å². The molecule has 0 radical (unpaired) electrons. The Balaban J connectivity index is 0.000000144. The number of H-pyrrole nitrogens is 2. The smallest absolute Gasteiger partial charge is 0.280 e. The Morgan fingerprint density at radius 1 is 0.655 bits per heavy atom. The number of fused-ring (bicyclic) bond motifs is 6. The molecule has 0 aliphatic carbocycles. The number of pyridine rings is 2. The molecule has 0 unspecified atom stereocenters. The number of nitrogens with one attached hydrogen (secondary N) is 3. The van der Waals surface area contributed by atoms with E-state index < -0.39 is 0 Å². The average Bonchev–Trinajstić information content (AvgIpc) is 3.61. The molecule has 6 heterocycles.